The van der Waals surface area contributed by atoms with Gasteiger partial charge in [0.2, 0.25) is 0 Å². The Balaban J connectivity index is 1.62. The van der Waals surface area contributed by atoms with Crippen molar-refractivity contribution in [2.45, 2.75) is 4.90 Å². The molecule has 0 fully saturated rings. The fraction of sp³-hybridized carbons (Fsp3) is 0. The van der Waals surface area contributed by atoms with Gasteiger partial charge in [0.1, 0.15) is 5.69 Å². The first kappa shape index (κ1) is 19.6. The molecule has 0 amide bonds. The lowest BCUT2D eigenvalue weighted by Gasteiger charge is -2.08. The van der Waals surface area contributed by atoms with Gasteiger partial charge in [-0.1, -0.05) is 28.9 Å². The number of halogens is 1. The molecule has 2 aromatic carbocycles. The van der Waals surface area contributed by atoms with Crippen LogP contribution < -0.4 is 16.0 Å². The Kier molecular flexibility index (Phi) is 4.98. The summed E-state index contributed by atoms with van der Waals surface area (Å²) in [6, 6.07) is 13.5. The molecule has 0 radical (unpaired) electrons. The van der Waals surface area contributed by atoms with Crippen molar-refractivity contribution >= 4 is 27.3 Å². The maximum absolute atomic E-state index is 12.5. The second-order valence-electron chi connectivity index (χ2n) is 6.15. The number of rotatable bonds is 5. The highest BCUT2D eigenvalue weighted by Crippen LogP contribution is 2.23. The van der Waals surface area contributed by atoms with Crippen LogP contribution in [0.5, 0.6) is 0 Å². The number of benzene rings is 2. The van der Waals surface area contributed by atoms with E-state index < -0.39 is 26.2 Å². The molecular formula is C18H13ClN6O4S. The molecule has 3 N–H and O–H groups in total. The molecule has 2 heterocycles. The fourth-order valence-electron chi connectivity index (χ4n) is 2.67. The summed E-state index contributed by atoms with van der Waals surface area (Å²) in [7, 11) is -4.22. The number of sulfonamides is 1. The normalized spacial score (nSPS) is 11.4. The molecule has 4 rings (SSSR count). The molecule has 0 aliphatic heterocycles. The minimum Gasteiger partial charge on any atom is -0.313 e. The van der Waals surface area contributed by atoms with Crippen LogP contribution in [0.2, 0.25) is 5.02 Å². The van der Waals surface area contributed by atoms with Gasteiger partial charge in [-0.25, -0.2) is 17.9 Å². The minimum atomic E-state index is -4.22. The van der Waals surface area contributed by atoms with Crippen LogP contribution >= 0.6 is 11.6 Å². The van der Waals surface area contributed by atoms with Crippen LogP contribution in [0.3, 0.4) is 0 Å². The topological polar surface area (TPSA) is 143 Å². The van der Waals surface area contributed by atoms with Crippen molar-refractivity contribution in [1.29, 1.82) is 0 Å². The zero-order valence-electron chi connectivity index (χ0n) is 15.0. The first-order valence-corrected chi connectivity index (χ1v) is 10.3. The summed E-state index contributed by atoms with van der Waals surface area (Å²) in [5, 5.41) is 8.78. The number of hydrogen-bond acceptors (Lipinski definition) is 6. The van der Waals surface area contributed by atoms with E-state index >= 15 is 0 Å². The van der Waals surface area contributed by atoms with E-state index in [-0.39, 0.29) is 5.69 Å². The van der Waals surface area contributed by atoms with Crippen molar-refractivity contribution in [2.24, 2.45) is 0 Å². The van der Waals surface area contributed by atoms with Gasteiger partial charge >= 0.3 is 5.69 Å². The average Bonchev–Trinajstić information content (AvgIpc) is 3.18. The van der Waals surface area contributed by atoms with Gasteiger partial charge in [-0.3, -0.25) is 14.5 Å². The van der Waals surface area contributed by atoms with Gasteiger partial charge in [0.15, 0.2) is 4.90 Å². The molecule has 0 unspecified atom stereocenters. The highest BCUT2D eigenvalue weighted by atomic mass is 35.5. The third kappa shape index (κ3) is 4.02. The van der Waals surface area contributed by atoms with Crippen molar-refractivity contribution in [3.63, 3.8) is 0 Å². The SMILES string of the molecule is O=c1[nH]cc(S(=O)(=O)Nc2cccc(-c3cn(-c4ccc(Cl)cc4)nn3)c2)c(=O)[nH]1. The summed E-state index contributed by atoms with van der Waals surface area (Å²) in [5.74, 6) is 0. The molecule has 0 atom stereocenters. The van der Waals surface area contributed by atoms with Crippen LogP contribution in [-0.2, 0) is 10.0 Å². The number of H-pyrrole nitrogens is 2. The summed E-state index contributed by atoms with van der Waals surface area (Å²) in [5.41, 5.74) is 0.253. The van der Waals surface area contributed by atoms with Gasteiger partial charge in [0.25, 0.3) is 15.6 Å². The van der Waals surface area contributed by atoms with E-state index in [2.05, 4.69) is 20.0 Å². The van der Waals surface area contributed by atoms with Gasteiger partial charge in [-0.2, -0.15) is 0 Å². The number of hydrogen-bond donors (Lipinski definition) is 3. The number of nitrogens with zero attached hydrogens (tertiary/aromatic N) is 3. The summed E-state index contributed by atoms with van der Waals surface area (Å²) >= 11 is 5.89. The molecule has 30 heavy (non-hydrogen) atoms. The molecular weight excluding hydrogens is 432 g/mol. The van der Waals surface area contributed by atoms with E-state index in [4.69, 9.17) is 11.6 Å². The van der Waals surface area contributed by atoms with Crippen LogP contribution in [0, 0.1) is 0 Å². The smallest absolute Gasteiger partial charge is 0.313 e. The number of anilines is 1. The lowest BCUT2D eigenvalue weighted by molar-refractivity contribution is 0.599. The summed E-state index contributed by atoms with van der Waals surface area (Å²) in [4.78, 5) is 26.3. The quantitative estimate of drug-likeness (QED) is 0.428. The van der Waals surface area contributed by atoms with Gasteiger partial charge in [0, 0.05) is 22.5 Å². The van der Waals surface area contributed by atoms with Crippen molar-refractivity contribution in [3.05, 3.63) is 86.8 Å². The van der Waals surface area contributed by atoms with Crippen molar-refractivity contribution in [1.82, 2.24) is 25.0 Å². The number of aromatic nitrogens is 5. The first-order valence-electron chi connectivity index (χ1n) is 8.45. The Bertz CT molecular complexity index is 1440. The summed E-state index contributed by atoms with van der Waals surface area (Å²) in [6.07, 6.45) is 2.52. The fourth-order valence-corrected chi connectivity index (χ4v) is 3.85. The maximum Gasteiger partial charge on any atom is 0.325 e. The Hall–Kier alpha value is -3.70. The van der Waals surface area contributed by atoms with E-state index in [1.165, 1.54) is 6.07 Å². The predicted molar refractivity (Wildman–Crippen MR) is 110 cm³/mol. The van der Waals surface area contributed by atoms with Crippen LogP contribution in [0.15, 0.2) is 75.4 Å². The van der Waals surface area contributed by atoms with Crippen LogP contribution in [0.4, 0.5) is 5.69 Å². The first-order chi connectivity index (χ1) is 14.3. The van der Waals surface area contributed by atoms with Crippen molar-refractivity contribution in [2.75, 3.05) is 4.72 Å². The molecule has 0 saturated heterocycles. The second-order valence-corrected chi connectivity index (χ2v) is 8.23. The molecule has 0 bridgehead atoms. The predicted octanol–water partition coefficient (Wildman–Crippen LogP) is 1.77. The molecule has 0 spiro atoms. The molecule has 2 aromatic heterocycles. The number of nitrogens with one attached hydrogen (secondary N) is 3. The van der Waals surface area contributed by atoms with Crippen LogP contribution in [0.1, 0.15) is 0 Å². The zero-order valence-corrected chi connectivity index (χ0v) is 16.6. The highest BCUT2D eigenvalue weighted by molar-refractivity contribution is 7.92. The lowest BCUT2D eigenvalue weighted by Crippen LogP contribution is -2.29. The molecule has 10 nitrogen and oxygen atoms in total. The lowest BCUT2D eigenvalue weighted by atomic mass is 10.1. The Morgan fingerprint density at radius 3 is 2.57 bits per heavy atom. The molecule has 0 saturated carbocycles. The minimum absolute atomic E-state index is 0.208. The van der Waals surface area contributed by atoms with Crippen molar-refractivity contribution in [3.8, 4) is 16.9 Å². The van der Waals surface area contributed by atoms with Gasteiger partial charge < -0.3 is 4.98 Å². The van der Waals surface area contributed by atoms with Crippen LogP contribution in [-0.4, -0.2) is 33.4 Å². The second kappa shape index (κ2) is 7.61. The van der Waals surface area contributed by atoms with E-state index in [1.807, 2.05) is 4.98 Å². The molecule has 152 valence electrons. The Morgan fingerprint density at radius 2 is 1.83 bits per heavy atom. The third-order valence-electron chi connectivity index (χ3n) is 4.07. The van der Waals surface area contributed by atoms with Gasteiger partial charge in [-0.05, 0) is 36.4 Å². The Labute approximate surface area is 174 Å². The Morgan fingerprint density at radius 1 is 1.07 bits per heavy atom. The van der Waals surface area contributed by atoms with Gasteiger partial charge in [0.05, 0.1) is 11.9 Å². The molecule has 0 aliphatic carbocycles. The summed E-state index contributed by atoms with van der Waals surface area (Å²) < 4.78 is 28.9. The number of aromatic amines is 2. The van der Waals surface area contributed by atoms with E-state index in [0.717, 1.165) is 11.9 Å². The van der Waals surface area contributed by atoms with E-state index in [0.29, 0.717) is 16.3 Å². The third-order valence-corrected chi connectivity index (χ3v) is 5.71. The highest BCUT2D eigenvalue weighted by Gasteiger charge is 2.19. The standard InChI is InChI=1S/C18H13ClN6O4S/c19-12-4-6-14(7-5-12)25-10-15(22-24-25)11-2-1-3-13(8-11)23-30(28,29)16-9-20-18(27)21-17(16)26/h1-10,23H,(H2,20,21,26,27). The monoisotopic (exact) mass is 444 g/mol. The molecule has 4 aromatic rings. The van der Waals surface area contributed by atoms with Gasteiger partial charge in [-0.15, -0.1) is 5.10 Å². The molecule has 12 heteroatoms. The van der Waals surface area contributed by atoms with Crippen LogP contribution in [0.25, 0.3) is 16.9 Å². The van der Waals surface area contributed by atoms with Crippen molar-refractivity contribution < 1.29 is 8.42 Å². The zero-order chi connectivity index (χ0) is 21.3. The summed E-state index contributed by atoms with van der Waals surface area (Å²) in [6.45, 7) is 0. The molecule has 0 aliphatic rings. The maximum atomic E-state index is 12.5. The largest absolute Gasteiger partial charge is 0.325 e. The average molecular weight is 445 g/mol. The van der Waals surface area contributed by atoms with E-state index in [9.17, 15) is 18.0 Å². The van der Waals surface area contributed by atoms with E-state index in [1.54, 1.807) is 53.3 Å².